The fourth-order valence-corrected chi connectivity index (χ4v) is 7.63. The van der Waals surface area contributed by atoms with Gasteiger partial charge in [0, 0.05) is 70.0 Å². The van der Waals surface area contributed by atoms with E-state index >= 15 is 0 Å². The number of aryl methyl sites for hydroxylation is 6. The molecule has 0 bridgehead atoms. The maximum Gasteiger partial charge on any atom is 0.261 e. The number of aromatic amines is 2. The molecule has 2 amide bonds. The van der Waals surface area contributed by atoms with Crippen LogP contribution in [0, 0.1) is 47.4 Å². The van der Waals surface area contributed by atoms with E-state index in [1.165, 1.54) is 12.1 Å². The number of benzene rings is 2. The zero-order valence-electron chi connectivity index (χ0n) is 33.7. The summed E-state index contributed by atoms with van der Waals surface area (Å²) in [5.74, 6) is 1.02. The van der Waals surface area contributed by atoms with Gasteiger partial charge in [0.15, 0.2) is 11.6 Å². The van der Waals surface area contributed by atoms with Crippen molar-refractivity contribution in [3.05, 3.63) is 140 Å². The zero-order chi connectivity index (χ0) is 41.0. The van der Waals surface area contributed by atoms with Crippen LogP contribution in [0.15, 0.2) is 63.9 Å². The maximum absolute atomic E-state index is 13.7. The summed E-state index contributed by atoms with van der Waals surface area (Å²) in [4.78, 5) is 38.6. The molecule has 294 valence electrons. The largest absolute Gasteiger partial charge is 0.334 e. The minimum Gasteiger partial charge on any atom is -0.334 e. The number of hydrogen-bond acceptors (Lipinski definition) is 10. The highest BCUT2D eigenvalue weighted by Crippen LogP contribution is 2.40. The molecule has 2 N–H and O–H groups in total. The molecule has 8 rings (SSSR count). The van der Waals surface area contributed by atoms with E-state index in [4.69, 9.17) is 9.05 Å². The fourth-order valence-electron chi connectivity index (χ4n) is 7.63. The Hall–Kier alpha value is -6.51. The third kappa shape index (κ3) is 7.44. The van der Waals surface area contributed by atoms with Crippen molar-refractivity contribution >= 4 is 23.0 Å². The number of carbonyl (C=O) groups is 2. The van der Waals surface area contributed by atoms with Crippen LogP contribution in [0.3, 0.4) is 0 Å². The molecule has 0 fully saturated rings. The minimum absolute atomic E-state index is 0.0754. The van der Waals surface area contributed by atoms with Crippen molar-refractivity contribution in [3.8, 4) is 0 Å². The number of fused-ring (bicyclic) bond motifs is 2. The van der Waals surface area contributed by atoms with Crippen molar-refractivity contribution in [1.29, 1.82) is 0 Å². The highest BCUT2D eigenvalue weighted by atomic mass is 19.1. The van der Waals surface area contributed by atoms with Crippen LogP contribution in [-0.4, -0.2) is 75.4 Å². The number of hydrogen-bond donors (Lipinski definition) is 2. The van der Waals surface area contributed by atoms with Crippen molar-refractivity contribution < 1.29 is 23.0 Å². The smallest absolute Gasteiger partial charge is 0.261 e. The van der Waals surface area contributed by atoms with E-state index in [1.807, 2.05) is 45.0 Å². The first-order chi connectivity index (χ1) is 26.9. The predicted octanol–water partition coefficient (Wildman–Crippen LogP) is 7.22. The lowest BCUT2D eigenvalue weighted by molar-refractivity contribution is 0.0793. The van der Waals surface area contributed by atoms with E-state index in [-0.39, 0.29) is 23.0 Å². The Labute approximate surface area is 329 Å². The highest BCUT2D eigenvalue weighted by molar-refractivity contribution is 5.97. The monoisotopic (exact) mass is 772 g/mol. The lowest BCUT2D eigenvalue weighted by atomic mass is 9.82. The first-order valence-electron chi connectivity index (χ1n) is 18.5. The standard InChI is InChI=1S/C21H22FN5O2.C21H23N5O2/c1-11-8-14(6-7-16(11)22)20(28)27-9-15(19-23-13(3)26-29-19)18-17(12(2)24-25-18)21(4,5)10-27;1-12-6-8-15(9-7-12)20(27)26-10-16(19-22-14(3)25-28-19)18-17(13(2)23-24-18)21(4,5)11-26/h6-9H,10H2,1-5H3,(H,24,25);6-10H,11H2,1-5H3,(H,23,24). The summed E-state index contributed by atoms with van der Waals surface area (Å²) < 4.78 is 24.5. The van der Waals surface area contributed by atoms with Crippen LogP contribution in [0.1, 0.15) is 117 Å². The summed E-state index contributed by atoms with van der Waals surface area (Å²) in [5.41, 5.74) is 8.42. The number of nitrogens with zero attached hydrogens (tertiary/aromatic N) is 8. The minimum atomic E-state index is -0.398. The zero-order valence-corrected chi connectivity index (χ0v) is 33.7. The molecule has 2 aliphatic rings. The van der Waals surface area contributed by atoms with E-state index in [9.17, 15) is 14.0 Å². The van der Waals surface area contributed by atoms with Gasteiger partial charge in [0.2, 0.25) is 0 Å². The van der Waals surface area contributed by atoms with Crippen molar-refractivity contribution in [2.75, 3.05) is 13.1 Å². The van der Waals surface area contributed by atoms with E-state index in [1.54, 1.807) is 49.0 Å². The van der Waals surface area contributed by atoms with Crippen LogP contribution >= 0.6 is 0 Å². The van der Waals surface area contributed by atoms with Crippen LogP contribution in [-0.2, 0) is 10.8 Å². The molecule has 2 aromatic carbocycles. The molecule has 0 saturated carbocycles. The summed E-state index contributed by atoms with van der Waals surface area (Å²) in [5, 5.41) is 22.8. The predicted molar refractivity (Wildman–Crippen MR) is 209 cm³/mol. The molecule has 0 aliphatic carbocycles. The van der Waals surface area contributed by atoms with Gasteiger partial charge >= 0.3 is 0 Å². The number of carbonyl (C=O) groups excluding carboxylic acids is 2. The highest BCUT2D eigenvalue weighted by Gasteiger charge is 2.39. The molecule has 0 saturated heterocycles. The van der Waals surface area contributed by atoms with E-state index in [0.29, 0.717) is 70.1 Å². The molecule has 0 radical (unpaired) electrons. The molecule has 0 spiro atoms. The number of amides is 2. The molecule has 15 heteroatoms. The molecule has 0 unspecified atom stereocenters. The van der Waals surface area contributed by atoms with Gasteiger partial charge in [-0.1, -0.05) is 55.7 Å². The van der Waals surface area contributed by atoms with Crippen molar-refractivity contribution in [2.24, 2.45) is 0 Å². The Morgan fingerprint density at radius 1 is 0.667 bits per heavy atom. The average molecular weight is 773 g/mol. The lowest BCUT2D eigenvalue weighted by Crippen LogP contribution is -2.37. The number of aromatic nitrogens is 8. The summed E-state index contributed by atoms with van der Waals surface area (Å²) in [6, 6.07) is 12.0. The second-order valence-corrected chi connectivity index (χ2v) is 16.0. The third-order valence-corrected chi connectivity index (χ3v) is 10.2. The second-order valence-electron chi connectivity index (χ2n) is 16.0. The summed E-state index contributed by atoms with van der Waals surface area (Å²) in [6.45, 7) is 20.3. The summed E-state index contributed by atoms with van der Waals surface area (Å²) in [6.07, 6.45) is 3.48. The van der Waals surface area contributed by atoms with E-state index in [2.05, 4.69) is 68.4 Å². The maximum atomic E-state index is 13.7. The van der Waals surface area contributed by atoms with Crippen LogP contribution in [0.4, 0.5) is 4.39 Å². The Morgan fingerprint density at radius 3 is 1.53 bits per heavy atom. The van der Waals surface area contributed by atoms with Gasteiger partial charge in [-0.05, 0) is 77.4 Å². The molecule has 2 aliphatic heterocycles. The third-order valence-electron chi connectivity index (χ3n) is 10.2. The van der Waals surface area contributed by atoms with Gasteiger partial charge in [0.05, 0.1) is 11.1 Å². The van der Waals surface area contributed by atoms with Crippen LogP contribution in [0.25, 0.3) is 11.1 Å². The van der Waals surface area contributed by atoms with Gasteiger partial charge in [-0.15, -0.1) is 0 Å². The number of nitrogens with one attached hydrogen (secondary N) is 2. The van der Waals surface area contributed by atoms with Crippen molar-refractivity contribution in [3.63, 3.8) is 0 Å². The van der Waals surface area contributed by atoms with Gasteiger partial charge < -0.3 is 18.8 Å². The average Bonchev–Trinajstić information content (AvgIpc) is 3.94. The van der Waals surface area contributed by atoms with Crippen LogP contribution < -0.4 is 0 Å². The topological polar surface area (TPSA) is 176 Å². The molecule has 4 aromatic heterocycles. The molecular formula is C42H45FN10O4. The Kier molecular flexibility index (Phi) is 9.88. The quantitative estimate of drug-likeness (QED) is 0.186. The Balaban J connectivity index is 0.000000174. The van der Waals surface area contributed by atoms with Gasteiger partial charge in [-0.2, -0.15) is 20.2 Å². The molecule has 14 nitrogen and oxygen atoms in total. The van der Waals surface area contributed by atoms with Crippen LogP contribution in [0.2, 0.25) is 0 Å². The number of halogens is 1. The van der Waals surface area contributed by atoms with Gasteiger partial charge in [-0.3, -0.25) is 19.8 Å². The summed E-state index contributed by atoms with van der Waals surface area (Å²) in [7, 11) is 0. The first-order valence-corrected chi connectivity index (χ1v) is 18.5. The van der Waals surface area contributed by atoms with Gasteiger partial charge in [0.25, 0.3) is 23.6 Å². The number of H-pyrrole nitrogens is 2. The SMILES string of the molecule is Cc1ccc(C(=O)N2C=C(c3nc(C)no3)c3n[nH]c(C)c3C(C)(C)C2)cc1.Cc1noc(C2=CN(C(=O)c3ccc(F)c(C)c3)CC(C)(C)c3c2n[nH]c3C)n1. The first kappa shape index (κ1) is 38.8. The molecule has 57 heavy (non-hydrogen) atoms. The molecule has 6 heterocycles. The van der Waals surface area contributed by atoms with Crippen molar-refractivity contribution in [1.82, 2.24) is 50.5 Å². The van der Waals surface area contributed by atoms with Gasteiger partial charge in [0.1, 0.15) is 17.2 Å². The lowest BCUT2D eigenvalue weighted by Gasteiger charge is -2.29. The molecule has 0 atom stereocenters. The van der Waals surface area contributed by atoms with Crippen LogP contribution in [0.5, 0.6) is 0 Å². The molecular weight excluding hydrogens is 728 g/mol. The van der Waals surface area contributed by atoms with Gasteiger partial charge in [-0.25, -0.2) is 4.39 Å². The normalized spacial score (nSPS) is 15.7. The van der Waals surface area contributed by atoms with Crippen molar-refractivity contribution in [2.45, 2.75) is 80.1 Å². The summed E-state index contributed by atoms with van der Waals surface area (Å²) >= 11 is 0. The number of rotatable bonds is 4. The second kappa shape index (κ2) is 14.5. The Bertz CT molecular complexity index is 2570. The van der Waals surface area contributed by atoms with E-state index < -0.39 is 5.41 Å². The Morgan fingerprint density at radius 2 is 1.11 bits per heavy atom. The fraction of sp³-hybridized carbons (Fsp3) is 0.333. The van der Waals surface area contributed by atoms with E-state index in [0.717, 1.165) is 33.8 Å². The molecule has 6 aromatic rings.